The summed E-state index contributed by atoms with van der Waals surface area (Å²) in [4.78, 5) is 19.2. The normalized spacial score (nSPS) is 10.8. The van der Waals surface area contributed by atoms with E-state index in [9.17, 15) is 4.79 Å². The van der Waals surface area contributed by atoms with E-state index in [1.165, 1.54) is 0 Å². The predicted molar refractivity (Wildman–Crippen MR) is 108 cm³/mol. The molecule has 1 aromatic carbocycles. The summed E-state index contributed by atoms with van der Waals surface area (Å²) in [5, 5.41) is 3.45. The second-order valence-corrected chi connectivity index (χ2v) is 6.77. The predicted octanol–water partition coefficient (Wildman–Crippen LogP) is 3.42. The number of imidazole rings is 1. The lowest BCUT2D eigenvalue weighted by molar-refractivity contribution is 0.0940. The van der Waals surface area contributed by atoms with Crippen molar-refractivity contribution in [1.29, 1.82) is 0 Å². The van der Waals surface area contributed by atoms with Crippen molar-refractivity contribution in [3.63, 3.8) is 0 Å². The van der Waals surface area contributed by atoms with Crippen LogP contribution in [0, 0.1) is 0 Å². The number of halogens is 1. The fraction of sp³-hybridized carbons (Fsp3) is 0.300. The third-order valence-corrected chi connectivity index (χ3v) is 4.44. The number of benzene rings is 1. The van der Waals surface area contributed by atoms with E-state index in [2.05, 4.69) is 10.3 Å². The van der Waals surface area contributed by atoms with Crippen LogP contribution in [0.4, 0.5) is 5.69 Å². The Balaban J connectivity index is 1.61. The Morgan fingerprint density at radius 3 is 2.63 bits per heavy atom. The first-order valence-electron chi connectivity index (χ1n) is 8.84. The Morgan fingerprint density at radius 2 is 1.96 bits per heavy atom. The lowest BCUT2D eigenvalue weighted by Gasteiger charge is -2.13. The molecule has 27 heavy (non-hydrogen) atoms. The van der Waals surface area contributed by atoms with E-state index in [4.69, 9.17) is 16.3 Å². The van der Waals surface area contributed by atoms with Crippen LogP contribution in [0.5, 0.6) is 5.75 Å². The van der Waals surface area contributed by atoms with Crippen molar-refractivity contribution in [3.8, 4) is 5.75 Å². The average Bonchev–Trinajstić information content (AvgIpc) is 3.03. The number of aromatic nitrogens is 2. The maximum atomic E-state index is 12.7. The van der Waals surface area contributed by atoms with Gasteiger partial charge in [0.2, 0.25) is 0 Å². The molecule has 1 N–H and O–H groups in total. The number of carbonyl (C=O) groups is 1. The van der Waals surface area contributed by atoms with Gasteiger partial charge in [0.1, 0.15) is 23.7 Å². The number of nitrogens with one attached hydrogen (secondary N) is 1. The number of aryl methyl sites for hydroxylation is 1. The Hall–Kier alpha value is -2.73. The van der Waals surface area contributed by atoms with Crippen molar-refractivity contribution < 1.29 is 9.53 Å². The van der Waals surface area contributed by atoms with Crippen molar-refractivity contribution in [1.82, 2.24) is 14.7 Å². The monoisotopic (exact) mass is 386 g/mol. The standard InChI is InChI=1S/C20H23ClN4O2/c1-4-17-19(25-13-14(21)5-10-18(25)23-17)20(26)22-11-12-27-16-8-6-15(7-9-16)24(2)3/h5-10,13H,4,11-12H2,1-3H3,(H,22,26). The average molecular weight is 387 g/mol. The highest BCUT2D eigenvalue weighted by atomic mass is 35.5. The minimum atomic E-state index is -0.187. The molecule has 0 saturated heterocycles. The first-order chi connectivity index (χ1) is 13.0. The number of nitrogens with zero attached hydrogens (tertiary/aromatic N) is 3. The Labute approximate surface area is 163 Å². The number of rotatable bonds is 7. The van der Waals surface area contributed by atoms with Crippen LogP contribution in [0.15, 0.2) is 42.6 Å². The van der Waals surface area contributed by atoms with Gasteiger partial charge in [-0.3, -0.25) is 9.20 Å². The van der Waals surface area contributed by atoms with E-state index in [1.54, 1.807) is 22.7 Å². The van der Waals surface area contributed by atoms with Gasteiger partial charge in [0, 0.05) is 26.0 Å². The highest BCUT2D eigenvalue weighted by molar-refractivity contribution is 6.30. The summed E-state index contributed by atoms with van der Waals surface area (Å²) in [5.41, 5.74) is 3.08. The molecular weight excluding hydrogens is 364 g/mol. The highest BCUT2D eigenvalue weighted by Crippen LogP contribution is 2.18. The number of amides is 1. The number of pyridine rings is 1. The van der Waals surface area contributed by atoms with Gasteiger partial charge in [-0.05, 0) is 42.8 Å². The quantitative estimate of drug-likeness (QED) is 0.632. The maximum Gasteiger partial charge on any atom is 0.270 e. The largest absolute Gasteiger partial charge is 0.492 e. The van der Waals surface area contributed by atoms with Gasteiger partial charge >= 0.3 is 0 Å². The summed E-state index contributed by atoms with van der Waals surface area (Å²) >= 11 is 6.07. The molecule has 142 valence electrons. The van der Waals surface area contributed by atoms with E-state index in [0.717, 1.165) is 17.1 Å². The van der Waals surface area contributed by atoms with E-state index < -0.39 is 0 Å². The Kier molecular flexibility index (Phi) is 5.86. The number of fused-ring (bicyclic) bond motifs is 1. The van der Waals surface area contributed by atoms with Crippen molar-refractivity contribution >= 4 is 28.8 Å². The third-order valence-electron chi connectivity index (χ3n) is 4.21. The lowest BCUT2D eigenvalue weighted by Crippen LogP contribution is -2.29. The van der Waals surface area contributed by atoms with Crippen molar-refractivity contribution in [2.24, 2.45) is 0 Å². The first-order valence-corrected chi connectivity index (χ1v) is 9.22. The molecule has 3 aromatic rings. The van der Waals surface area contributed by atoms with Gasteiger partial charge in [-0.1, -0.05) is 18.5 Å². The van der Waals surface area contributed by atoms with E-state index in [-0.39, 0.29) is 5.91 Å². The Bertz CT molecular complexity index is 935. The fourth-order valence-electron chi connectivity index (χ4n) is 2.81. The number of ether oxygens (including phenoxy) is 1. The van der Waals surface area contributed by atoms with Crippen LogP contribution in [0.3, 0.4) is 0 Å². The molecule has 0 spiro atoms. The molecule has 7 heteroatoms. The molecule has 0 bridgehead atoms. The van der Waals surface area contributed by atoms with Gasteiger partial charge in [0.25, 0.3) is 5.91 Å². The topological polar surface area (TPSA) is 58.9 Å². The van der Waals surface area contributed by atoms with Gasteiger partial charge in [0.05, 0.1) is 17.3 Å². The van der Waals surface area contributed by atoms with Crippen LogP contribution in [0.1, 0.15) is 23.1 Å². The lowest BCUT2D eigenvalue weighted by atomic mass is 10.2. The molecule has 0 radical (unpaired) electrons. The number of anilines is 1. The van der Waals surface area contributed by atoms with E-state index in [0.29, 0.717) is 35.9 Å². The zero-order valence-corrected chi connectivity index (χ0v) is 16.5. The molecule has 0 unspecified atom stereocenters. The molecule has 0 aliphatic carbocycles. The zero-order valence-electron chi connectivity index (χ0n) is 15.7. The molecule has 0 atom stereocenters. The highest BCUT2D eigenvalue weighted by Gasteiger charge is 2.18. The van der Waals surface area contributed by atoms with Gasteiger partial charge in [-0.2, -0.15) is 0 Å². The molecule has 2 aromatic heterocycles. The summed E-state index contributed by atoms with van der Waals surface area (Å²) in [7, 11) is 3.98. The number of carbonyl (C=O) groups excluding carboxylic acids is 1. The molecule has 6 nitrogen and oxygen atoms in total. The van der Waals surface area contributed by atoms with Gasteiger partial charge in [-0.25, -0.2) is 4.98 Å². The maximum absolute atomic E-state index is 12.7. The molecule has 0 aliphatic heterocycles. The summed E-state index contributed by atoms with van der Waals surface area (Å²) in [5.74, 6) is 0.582. The molecule has 3 rings (SSSR count). The van der Waals surface area contributed by atoms with Crippen LogP contribution >= 0.6 is 11.6 Å². The molecule has 0 aliphatic rings. The van der Waals surface area contributed by atoms with Crippen LogP contribution in [-0.2, 0) is 6.42 Å². The van der Waals surface area contributed by atoms with Crippen molar-refractivity contribution in [2.75, 3.05) is 32.1 Å². The van der Waals surface area contributed by atoms with Crippen molar-refractivity contribution in [3.05, 3.63) is 59.0 Å². The molecule has 0 saturated carbocycles. The van der Waals surface area contributed by atoms with Gasteiger partial charge in [0.15, 0.2) is 0 Å². The summed E-state index contributed by atoms with van der Waals surface area (Å²) in [6, 6.07) is 11.4. The van der Waals surface area contributed by atoms with Crippen LogP contribution < -0.4 is 15.0 Å². The second-order valence-electron chi connectivity index (χ2n) is 6.33. The smallest absolute Gasteiger partial charge is 0.270 e. The second kappa shape index (κ2) is 8.31. The summed E-state index contributed by atoms with van der Waals surface area (Å²) in [6.07, 6.45) is 2.37. The van der Waals surface area contributed by atoms with Gasteiger partial charge in [-0.15, -0.1) is 0 Å². The molecule has 1 amide bonds. The first kappa shape index (κ1) is 19.0. The van der Waals surface area contributed by atoms with Crippen LogP contribution in [0.25, 0.3) is 5.65 Å². The number of hydrogen-bond donors (Lipinski definition) is 1. The molecule has 2 heterocycles. The SMILES string of the molecule is CCc1nc2ccc(Cl)cn2c1C(=O)NCCOc1ccc(N(C)C)cc1. The summed E-state index contributed by atoms with van der Waals surface area (Å²) in [6.45, 7) is 2.75. The van der Waals surface area contributed by atoms with Gasteiger partial charge < -0.3 is 15.0 Å². The Morgan fingerprint density at radius 1 is 1.22 bits per heavy atom. The molecular formula is C20H23ClN4O2. The minimum absolute atomic E-state index is 0.187. The fourth-order valence-corrected chi connectivity index (χ4v) is 2.97. The van der Waals surface area contributed by atoms with E-state index >= 15 is 0 Å². The van der Waals surface area contributed by atoms with E-state index in [1.807, 2.05) is 50.2 Å². The van der Waals surface area contributed by atoms with Crippen LogP contribution in [0.2, 0.25) is 5.02 Å². The number of hydrogen-bond acceptors (Lipinski definition) is 4. The molecule has 0 fully saturated rings. The van der Waals surface area contributed by atoms with Crippen LogP contribution in [-0.4, -0.2) is 42.5 Å². The summed E-state index contributed by atoms with van der Waals surface area (Å²) < 4.78 is 7.43. The minimum Gasteiger partial charge on any atom is -0.492 e. The third kappa shape index (κ3) is 4.34. The zero-order chi connectivity index (χ0) is 19.4. The van der Waals surface area contributed by atoms with Crippen molar-refractivity contribution in [2.45, 2.75) is 13.3 Å².